The summed E-state index contributed by atoms with van der Waals surface area (Å²) < 4.78 is 1.76. The van der Waals surface area contributed by atoms with Gasteiger partial charge in [-0.3, -0.25) is 0 Å². The van der Waals surface area contributed by atoms with E-state index in [1.54, 1.807) is 11.6 Å². The van der Waals surface area contributed by atoms with Crippen molar-refractivity contribution in [2.75, 3.05) is 24.3 Å². The number of aliphatic hydroxyl groups is 2. The van der Waals surface area contributed by atoms with Crippen molar-refractivity contribution >= 4 is 11.5 Å². The normalized spacial score (nSPS) is 12.2. The molecule has 1 aromatic heterocycles. The molecule has 1 aromatic rings. The second kappa shape index (κ2) is 4.93. The summed E-state index contributed by atoms with van der Waals surface area (Å²) in [4.78, 5) is 0. The van der Waals surface area contributed by atoms with Crippen LogP contribution in [0.15, 0.2) is 0 Å². The maximum Gasteiger partial charge on any atom is 0.148 e. The molecule has 0 saturated carbocycles. The Kier molecular flexibility index (Phi) is 4.00. The predicted molar refractivity (Wildman–Crippen MR) is 68.0 cm³/mol. The summed E-state index contributed by atoms with van der Waals surface area (Å²) in [6.45, 7) is 7.16. The van der Waals surface area contributed by atoms with Gasteiger partial charge in [-0.15, -0.1) is 0 Å². The van der Waals surface area contributed by atoms with Crippen LogP contribution >= 0.6 is 0 Å². The van der Waals surface area contributed by atoms with Crippen LogP contribution in [-0.4, -0.2) is 38.7 Å². The fraction of sp³-hybridized carbons (Fsp3) is 0.727. The topological polar surface area (TPSA) is 96.3 Å². The molecule has 6 heteroatoms. The zero-order valence-corrected chi connectivity index (χ0v) is 10.9. The minimum Gasteiger partial charge on any atom is -0.394 e. The first-order chi connectivity index (χ1) is 7.84. The number of nitrogen functional groups attached to an aromatic ring is 1. The number of aryl methyl sites for hydroxylation is 1. The standard InChI is InChI=1S/C11H22N4O2/c1-7(2)15-10(9(12)8(3)14-15)13-11(4,5-16)6-17/h7,13,16-17H,5-6,12H2,1-4H3. The molecule has 0 amide bonds. The lowest BCUT2D eigenvalue weighted by molar-refractivity contribution is 0.147. The number of nitrogens with two attached hydrogens (primary N) is 1. The third-order valence-corrected chi connectivity index (χ3v) is 2.74. The van der Waals surface area contributed by atoms with Crippen molar-refractivity contribution in [2.24, 2.45) is 0 Å². The molecular weight excluding hydrogens is 220 g/mol. The Labute approximate surface area is 101 Å². The summed E-state index contributed by atoms with van der Waals surface area (Å²) in [7, 11) is 0. The van der Waals surface area contributed by atoms with Crippen LogP contribution in [0.4, 0.5) is 11.5 Å². The van der Waals surface area contributed by atoms with Crippen LogP contribution < -0.4 is 11.1 Å². The smallest absolute Gasteiger partial charge is 0.148 e. The van der Waals surface area contributed by atoms with Crippen molar-refractivity contribution in [3.05, 3.63) is 5.69 Å². The van der Waals surface area contributed by atoms with Gasteiger partial charge in [-0.25, -0.2) is 4.68 Å². The summed E-state index contributed by atoms with van der Waals surface area (Å²) in [5, 5.41) is 26.0. The second-order valence-electron chi connectivity index (χ2n) is 4.89. The van der Waals surface area contributed by atoms with Crippen LogP contribution in [0.3, 0.4) is 0 Å². The van der Waals surface area contributed by atoms with E-state index in [1.165, 1.54) is 0 Å². The number of hydrogen-bond donors (Lipinski definition) is 4. The van der Waals surface area contributed by atoms with E-state index >= 15 is 0 Å². The van der Waals surface area contributed by atoms with E-state index in [0.29, 0.717) is 11.5 Å². The van der Waals surface area contributed by atoms with Gasteiger partial charge in [0.15, 0.2) is 0 Å². The lowest BCUT2D eigenvalue weighted by Gasteiger charge is -2.28. The molecule has 0 aromatic carbocycles. The van der Waals surface area contributed by atoms with Crippen molar-refractivity contribution in [1.29, 1.82) is 0 Å². The molecule has 0 saturated heterocycles. The van der Waals surface area contributed by atoms with E-state index in [0.717, 1.165) is 5.69 Å². The average Bonchev–Trinajstić information content (AvgIpc) is 2.57. The third-order valence-electron chi connectivity index (χ3n) is 2.74. The van der Waals surface area contributed by atoms with Crippen LogP contribution in [0.2, 0.25) is 0 Å². The van der Waals surface area contributed by atoms with E-state index in [2.05, 4.69) is 10.4 Å². The SMILES string of the molecule is Cc1nn(C(C)C)c(NC(C)(CO)CO)c1N. The Balaban J connectivity index is 3.12. The Hall–Kier alpha value is -1.27. The summed E-state index contributed by atoms with van der Waals surface area (Å²) in [5.41, 5.74) is 6.42. The molecule has 0 radical (unpaired) electrons. The summed E-state index contributed by atoms with van der Waals surface area (Å²) in [5.74, 6) is 0.642. The molecule has 0 aliphatic carbocycles. The Morgan fingerprint density at radius 3 is 2.35 bits per heavy atom. The van der Waals surface area contributed by atoms with Gasteiger partial charge in [-0.1, -0.05) is 0 Å². The molecule has 98 valence electrons. The van der Waals surface area contributed by atoms with Gasteiger partial charge in [-0.05, 0) is 27.7 Å². The number of nitrogens with zero attached hydrogens (tertiary/aromatic N) is 2. The van der Waals surface area contributed by atoms with Crippen LogP contribution in [0.1, 0.15) is 32.5 Å². The fourth-order valence-electron chi connectivity index (χ4n) is 1.47. The van der Waals surface area contributed by atoms with Gasteiger partial charge in [-0.2, -0.15) is 5.10 Å². The molecule has 0 atom stereocenters. The molecular formula is C11H22N4O2. The van der Waals surface area contributed by atoms with Crippen molar-refractivity contribution in [3.8, 4) is 0 Å². The highest BCUT2D eigenvalue weighted by molar-refractivity contribution is 5.65. The Bertz CT molecular complexity index is 383. The highest BCUT2D eigenvalue weighted by Gasteiger charge is 2.26. The highest BCUT2D eigenvalue weighted by atomic mass is 16.3. The number of aliphatic hydroxyl groups excluding tert-OH is 2. The number of aromatic nitrogens is 2. The largest absolute Gasteiger partial charge is 0.394 e. The number of anilines is 2. The zero-order chi connectivity index (χ0) is 13.2. The van der Waals surface area contributed by atoms with Gasteiger partial charge in [0.1, 0.15) is 5.82 Å². The quantitative estimate of drug-likeness (QED) is 0.603. The monoisotopic (exact) mass is 242 g/mol. The van der Waals surface area contributed by atoms with Gasteiger partial charge in [0.25, 0.3) is 0 Å². The molecule has 0 bridgehead atoms. The van der Waals surface area contributed by atoms with E-state index in [4.69, 9.17) is 5.73 Å². The zero-order valence-electron chi connectivity index (χ0n) is 10.9. The molecule has 0 fully saturated rings. The molecule has 17 heavy (non-hydrogen) atoms. The van der Waals surface area contributed by atoms with Gasteiger partial charge in [0.05, 0.1) is 30.1 Å². The maximum absolute atomic E-state index is 9.28. The summed E-state index contributed by atoms with van der Waals surface area (Å²) >= 11 is 0. The van der Waals surface area contributed by atoms with Crippen molar-refractivity contribution in [3.63, 3.8) is 0 Å². The Morgan fingerprint density at radius 1 is 1.41 bits per heavy atom. The minimum absolute atomic E-state index is 0.148. The molecule has 0 aliphatic rings. The van der Waals surface area contributed by atoms with Crippen molar-refractivity contribution in [2.45, 2.75) is 39.3 Å². The first-order valence-electron chi connectivity index (χ1n) is 5.69. The molecule has 5 N–H and O–H groups in total. The minimum atomic E-state index is -0.812. The molecule has 0 unspecified atom stereocenters. The van der Waals surface area contributed by atoms with Gasteiger partial charge >= 0.3 is 0 Å². The lowest BCUT2D eigenvalue weighted by Crippen LogP contribution is -2.43. The molecule has 1 heterocycles. The number of nitrogens with one attached hydrogen (secondary N) is 1. The Morgan fingerprint density at radius 2 is 1.94 bits per heavy atom. The fourth-order valence-corrected chi connectivity index (χ4v) is 1.47. The predicted octanol–water partition coefficient (Wildman–Crippen LogP) is 0.510. The highest BCUT2D eigenvalue weighted by Crippen LogP contribution is 2.28. The molecule has 0 aliphatic heterocycles. The number of rotatable bonds is 5. The van der Waals surface area contributed by atoms with Crippen molar-refractivity contribution in [1.82, 2.24) is 9.78 Å². The summed E-state index contributed by atoms with van der Waals surface area (Å²) in [6, 6.07) is 0.148. The number of hydrogen-bond acceptors (Lipinski definition) is 5. The van der Waals surface area contributed by atoms with E-state index in [1.807, 2.05) is 20.8 Å². The maximum atomic E-state index is 9.28. The average molecular weight is 242 g/mol. The third kappa shape index (κ3) is 2.70. The first kappa shape index (κ1) is 13.8. The van der Waals surface area contributed by atoms with Crippen LogP contribution in [0.5, 0.6) is 0 Å². The van der Waals surface area contributed by atoms with Gasteiger partial charge in [0.2, 0.25) is 0 Å². The van der Waals surface area contributed by atoms with Gasteiger partial charge in [0, 0.05) is 6.04 Å². The van der Waals surface area contributed by atoms with E-state index in [-0.39, 0.29) is 19.3 Å². The van der Waals surface area contributed by atoms with Gasteiger partial charge < -0.3 is 21.3 Å². The lowest BCUT2D eigenvalue weighted by atomic mass is 10.1. The van der Waals surface area contributed by atoms with Crippen LogP contribution in [0, 0.1) is 6.92 Å². The molecule has 6 nitrogen and oxygen atoms in total. The second-order valence-corrected chi connectivity index (χ2v) is 4.89. The molecule has 1 rings (SSSR count). The first-order valence-corrected chi connectivity index (χ1v) is 5.69. The van der Waals surface area contributed by atoms with Crippen LogP contribution in [0.25, 0.3) is 0 Å². The van der Waals surface area contributed by atoms with Crippen molar-refractivity contribution < 1.29 is 10.2 Å². The van der Waals surface area contributed by atoms with E-state index in [9.17, 15) is 10.2 Å². The van der Waals surface area contributed by atoms with Crippen LogP contribution in [-0.2, 0) is 0 Å². The molecule has 0 spiro atoms. The van der Waals surface area contributed by atoms with E-state index < -0.39 is 5.54 Å². The summed E-state index contributed by atoms with van der Waals surface area (Å²) in [6.07, 6.45) is 0.